The number of amides is 1. The number of nitrogens with zero attached hydrogens (tertiary/aromatic N) is 3. The summed E-state index contributed by atoms with van der Waals surface area (Å²) in [7, 11) is -1.69. The number of amidine groups is 1. The van der Waals surface area contributed by atoms with E-state index in [1.165, 1.54) is 31.5 Å². The van der Waals surface area contributed by atoms with Crippen LogP contribution in [-0.2, 0) is 15.7 Å². The maximum atomic E-state index is 15.1. The van der Waals surface area contributed by atoms with Gasteiger partial charge in [0.25, 0.3) is 5.91 Å². The number of thiol groups is 1. The number of aliphatic imine (C=N–C) groups is 1. The largest absolute Gasteiger partial charge is 0.495 e. The third kappa shape index (κ3) is 3.43. The molecule has 2 aliphatic rings. The highest BCUT2D eigenvalue weighted by molar-refractivity contribution is 8.04. The Morgan fingerprint density at radius 3 is 2.70 bits per heavy atom. The Morgan fingerprint density at radius 2 is 2.03 bits per heavy atom. The number of carbonyl (C=O) groups is 1. The van der Waals surface area contributed by atoms with E-state index in [0.717, 1.165) is 0 Å². The molecule has 0 unspecified atom stereocenters. The number of ether oxygens (including phenoxy) is 1. The van der Waals surface area contributed by atoms with Gasteiger partial charge in [0, 0.05) is 23.9 Å². The quantitative estimate of drug-likeness (QED) is 0.590. The van der Waals surface area contributed by atoms with Crippen molar-refractivity contribution in [3.63, 3.8) is 0 Å². The Balaban J connectivity index is 1.73. The van der Waals surface area contributed by atoms with E-state index < -0.39 is 37.4 Å². The van der Waals surface area contributed by atoms with E-state index in [1.54, 1.807) is 40.0 Å². The molecule has 0 spiro atoms. The van der Waals surface area contributed by atoms with E-state index in [2.05, 4.69) is 19.7 Å². The summed E-state index contributed by atoms with van der Waals surface area (Å²) in [6.45, 7) is 7.00. The van der Waals surface area contributed by atoms with Gasteiger partial charge < -0.3 is 15.8 Å². The molecule has 33 heavy (non-hydrogen) atoms. The van der Waals surface area contributed by atoms with Crippen LogP contribution in [0.3, 0.4) is 0 Å². The Kier molecular flexibility index (Phi) is 5.39. The predicted octanol–water partition coefficient (Wildman–Crippen LogP) is 2.93. The number of carbonyl (C=O) groups excluding carboxylic acids is 1. The van der Waals surface area contributed by atoms with Crippen LogP contribution in [0.25, 0.3) is 0 Å². The second-order valence-electron chi connectivity index (χ2n) is 9.07. The molecule has 3 N–H and O–H groups in total. The maximum absolute atomic E-state index is 15.1. The summed E-state index contributed by atoms with van der Waals surface area (Å²) < 4.78 is 37.6. The summed E-state index contributed by atoms with van der Waals surface area (Å²) in [5.41, 5.74) is 6.47. The molecular formula is C23H28FN5O3S. The molecule has 0 saturated carbocycles. The molecule has 2 aromatic rings. The van der Waals surface area contributed by atoms with Gasteiger partial charge in [0.2, 0.25) is 0 Å². The van der Waals surface area contributed by atoms with E-state index in [1.807, 2.05) is 0 Å². The van der Waals surface area contributed by atoms with Gasteiger partial charge in [-0.25, -0.2) is 13.8 Å². The highest BCUT2D eigenvalue weighted by atomic mass is 32.3. The fourth-order valence-corrected chi connectivity index (χ4v) is 7.74. The van der Waals surface area contributed by atoms with Crippen molar-refractivity contribution in [1.82, 2.24) is 4.98 Å². The summed E-state index contributed by atoms with van der Waals surface area (Å²) >= 11 is 0. The lowest BCUT2D eigenvalue weighted by molar-refractivity contribution is 0.102. The van der Waals surface area contributed by atoms with Crippen molar-refractivity contribution in [1.29, 1.82) is 0 Å². The van der Waals surface area contributed by atoms with Crippen LogP contribution in [0.2, 0.25) is 0 Å². The van der Waals surface area contributed by atoms with E-state index in [-0.39, 0.29) is 17.1 Å². The smallest absolute Gasteiger partial charge is 0.274 e. The highest BCUT2D eigenvalue weighted by Crippen LogP contribution is 2.50. The van der Waals surface area contributed by atoms with Gasteiger partial charge in [-0.2, -0.15) is 0 Å². The highest BCUT2D eigenvalue weighted by Gasteiger charge is 2.57. The van der Waals surface area contributed by atoms with Crippen LogP contribution in [0.1, 0.15) is 48.8 Å². The number of anilines is 1. The fraction of sp³-hybridized carbons (Fsp3) is 0.391. The summed E-state index contributed by atoms with van der Waals surface area (Å²) in [4.78, 5) is 21.7. The van der Waals surface area contributed by atoms with Gasteiger partial charge in [-0.1, -0.05) is 0 Å². The molecule has 0 radical (unpaired) electrons. The second-order valence-corrected chi connectivity index (χ2v) is 12.3. The molecule has 1 aromatic carbocycles. The molecule has 0 saturated heterocycles. The average Bonchev–Trinajstić information content (AvgIpc) is 3.18. The number of hydrogen-bond acceptors (Lipinski definition) is 6. The number of halogens is 1. The lowest BCUT2D eigenvalue weighted by atomic mass is 9.86. The van der Waals surface area contributed by atoms with Crippen molar-refractivity contribution in [3.8, 4) is 5.75 Å². The molecule has 0 bridgehead atoms. The molecule has 2 aliphatic heterocycles. The SMILES string of the molecule is COc1cnc(C(=O)Nc2ccc(F)c([C@@]3(C)N=C(N)C(C)(C)[SH]4(=O)N=CC[C@@H]34)c2)c(C)c1. The molecule has 0 aliphatic carbocycles. The Bertz CT molecular complexity index is 1260. The summed E-state index contributed by atoms with van der Waals surface area (Å²) in [6, 6.07) is 5.95. The number of benzene rings is 1. The first kappa shape index (κ1) is 23.0. The van der Waals surface area contributed by atoms with Crippen LogP contribution in [0, 0.1) is 12.7 Å². The first-order valence-electron chi connectivity index (χ1n) is 10.6. The summed E-state index contributed by atoms with van der Waals surface area (Å²) in [5, 5.41) is 2.24. The monoisotopic (exact) mass is 473 g/mol. The number of pyridine rings is 1. The molecule has 1 amide bonds. The van der Waals surface area contributed by atoms with Gasteiger partial charge in [-0.3, -0.25) is 14.0 Å². The molecule has 1 aromatic heterocycles. The molecule has 8 nitrogen and oxygen atoms in total. The van der Waals surface area contributed by atoms with Crippen molar-refractivity contribution in [2.75, 3.05) is 12.4 Å². The first-order chi connectivity index (χ1) is 15.4. The molecule has 0 fully saturated rings. The number of rotatable bonds is 4. The van der Waals surface area contributed by atoms with Crippen LogP contribution >= 0.6 is 0 Å². The Labute approximate surface area is 193 Å². The molecule has 4 rings (SSSR count). The van der Waals surface area contributed by atoms with Gasteiger partial charge in [0.15, 0.2) is 0 Å². The minimum atomic E-state index is -3.21. The van der Waals surface area contributed by atoms with Crippen LogP contribution in [0.4, 0.5) is 10.1 Å². The summed E-state index contributed by atoms with van der Waals surface area (Å²) in [6.07, 6.45) is 3.48. The van der Waals surface area contributed by atoms with Gasteiger partial charge in [-0.15, -0.1) is 0 Å². The number of nitrogens with two attached hydrogens (primary N) is 1. The van der Waals surface area contributed by atoms with Crippen molar-refractivity contribution >= 4 is 33.8 Å². The van der Waals surface area contributed by atoms with Crippen molar-refractivity contribution in [3.05, 3.63) is 53.1 Å². The fourth-order valence-electron chi connectivity index (χ4n) is 4.54. The van der Waals surface area contributed by atoms with Gasteiger partial charge in [0.05, 0.1) is 23.3 Å². The minimum Gasteiger partial charge on any atom is -0.495 e. The number of nitrogens with one attached hydrogen (secondary N) is 1. The third-order valence-electron chi connectivity index (χ3n) is 6.71. The van der Waals surface area contributed by atoms with Gasteiger partial charge in [0.1, 0.15) is 28.6 Å². The zero-order chi connectivity index (χ0) is 24.2. The lowest BCUT2D eigenvalue weighted by Crippen LogP contribution is -2.61. The maximum Gasteiger partial charge on any atom is 0.274 e. The van der Waals surface area contributed by atoms with E-state index in [0.29, 0.717) is 23.4 Å². The summed E-state index contributed by atoms with van der Waals surface area (Å²) in [5.74, 6) is -0.250. The van der Waals surface area contributed by atoms with Crippen LogP contribution in [-0.4, -0.2) is 44.3 Å². The number of aryl methyl sites for hydroxylation is 1. The lowest BCUT2D eigenvalue weighted by Gasteiger charge is -2.49. The predicted molar refractivity (Wildman–Crippen MR) is 129 cm³/mol. The standard InChI is InChI=1S/C23H28FN5O3S/c1-13-10-15(32-5)12-26-19(13)20(30)28-14-6-7-17(24)16(11-14)23(4)18-8-9-27-33(18,31)22(2,3)21(25)29-23/h6-7,9-12,18,33H,8H2,1-5H3,(H2,25,29)(H,28,30)/t18-,23+/m0/s1. The van der Waals surface area contributed by atoms with Crippen molar-refractivity contribution in [2.45, 2.75) is 49.7 Å². The third-order valence-corrected chi connectivity index (χ3v) is 10.6. The number of methoxy groups -OCH3 is 1. The first-order valence-corrected chi connectivity index (χ1v) is 12.3. The molecule has 176 valence electrons. The number of aromatic nitrogens is 1. The molecular weight excluding hydrogens is 445 g/mol. The van der Waals surface area contributed by atoms with E-state index in [4.69, 9.17) is 10.5 Å². The van der Waals surface area contributed by atoms with E-state index >= 15 is 4.39 Å². The molecule has 3 heterocycles. The second kappa shape index (κ2) is 7.72. The molecule has 10 heteroatoms. The van der Waals surface area contributed by atoms with E-state index in [9.17, 15) is 9.00 Å². The molecule has 2 atom stereocenters. The minimum absolute atomic E-state index is 0.176. The average molecular weight is 474 g/mol. The van der Waals surface area contributed by atoms with Crippen molar-refractivity contribution < 1.29 is 18.1 Å². The zero-order valence-corrected chi connectivity index (χ0v) is 20.1. The van der Waals surface area contributed by atoms with Gasteiger partial charge >= 0.3 is 0 Å². The van der Waals surface area contributed by atoms with Crippen LogP contribution in [0.15, 0.2) is 39.9 Å². The van der Waals surface area contributed by atoms with Crippen LogP contribution in [0.5, 0.6) is 5.75 Å². The van der Waals surface area contributed by atoms with Crippen molar-refractivity contribution in [2.24, 2.45) is 15.1 Å². The van der Waals surface area contributed by atoms with Gasteiger partial charge in [-0.05, 0) is 67.6 Å². The topological polar surface area (TPSA) is 119 Å². The Morgan fingerprint density at radius 1 is 1.30 bits per heavy atom. The number of hydrogen-bond donors (Lipinski definition) is 3. The number of fused-ring (bicyclic) bond motifs is 1. The Hall–Kier alpha value is -3.14. The zero-order valence-electron chi connectivity index (χ0n) is 19.2. The van der Waals surface area contributed by atoms with Crippen LogP contribution < -0.4 is 15.8 Å². The normalized spacial score (nSPS) is 25.6.